The normalized spacial score (nSPS) is 26.3. The second-order valence-electron chi connectivity index (χ2n) is 9.44. The first-order valence-electron chi connectivity index (χ1n) is 11.4. The van der Waals surface area contributed by atoms with Gasteiger partial charge in [-0.05, 0) is 42.9 Å². The lowest BCUT2D eigenvalue weighted by molar-refractivity contribution is -0.131. The Labute approximate surface area is 199 Å². The molecule has 0 amide bonds. The molecule has 2 unspecified atom stereocenters. The Morgan fingerprint density at radius 3 is 2.50 bits per heavy atom. The number of fused-ring (bicyclic) bond motifs is 3. The highest BCUT2D eigenvalue weighted by Gasteiger charge is 2.56. The van der Waals surface area contributed by atoms with Crippen LogP contribution in [0.2, 0.25) is 0 Å². The topological polar surface area (TPSA) is 116 Å². The minimum absolute atomic E-state index is 0.0382. The molecule has 34 heavy (non-hydrogen) atoms. The number of Topliss-reactive ketones (excluding diaryl/α,β-unsaturated/α-hetero) is 1. The molecule has 7 nitrogen and oxygen atoms in total. The Bertz CT molecular complexity index is 1390. The summed E-state index contributed by atoms with van der Waals surface area (Å²) < 4.78 is 25.6. The van der Waals surface area contributed by atoms with Gasteiger partial charge in [0.05, 0.1) is 18.0 Å². The fourth-order valence-corrected chi connectivity index (χ4v) is 6.61. The molecular weight excluding hydrogens is 448 g/mol. The van der Waals surface area contributed by atoms with Crippen molar-refractivity contribution < 1.29 is 13.2 Å². The fourth-order valence-electron chi connectivity index (χ4n) is 6.05. The molecule has 1 aromatic heterocycles. The van der Waals surface area contributed by atoms with Crippen LogP contribution in [0.3, 0.4) is 0 Å². The van der Waals surface area contributed by atoms with E-state index in [1.54, 1.807) is 12.1 Å². The van der Waals surface area contributed by atoms with Crippen LogP contribution < -0.4 is 4.72 Å². The summed E-state index contributed by atoms with van der Waals surface area (Å²) in [7, 11) is -3.35. The van der Waals surface area contributed by atoms with Crippen LogP contribution in [-0.4, -0.2) is 30.7 Å². The molecule has 8 heteroatoms. The van der Waals surface area contributed by atoms with Crippen LogP contribution >= 0.6 is 0 Å². The van der Waals surface area contributed by atoms with Gasteiger partial charge < -0.3 is 0 Å². The van der Waals surface area contributed by atoms with Crippen molar-refractivity contribution in [2.75, 3.05) is 11.0 Å². The number of H-pyrrole nitrogens is 1. The van der Waals surface area contributed by atoms with Crippen molar-refractivity contribution in [3.63, 3.8) is 0 Å². The number of hydrogen-bond acceptors (Lipinski definition) is 5. The van der Waals surface area contributed by atoms with E-state index in [-0.39, 0.29) is 17.6 Å². The lowest BCUT2D eigenvalue weighted by Gasteiger charge is -2.50. The third-order valence-electron chi connectivity index (χ3n) is 7.48. The number of aromatic nitrogens is 2. The zero-order chi connectivity index (χ0) is 24.1. The fraction of sp³-hybridized carbons (Fsp3) is 0.346. The van der Waals surface area contributed by atoms with Crippen molar-refractivity contribution >= 4 is 21.5 Å². The molecule has 174 valence electrons. The van der Waals surface area contributed by atoms with Gasteiger partial charge in [-0.2, -0.15) is 10.4 Å². The van der Waals surface area contributed by atoms with Gasteiger partial charge in [0.1, 0.15) is 5.92 Å². The van der Waals surface area contributed by atoms with E-state index in [1.165, 1.54) is 0 Å². The van der Waals surface area contributed by atoms with Crippen molar-refractivity contribution in [1.82, 2.24) is 10.2 Å². The second kappa shape index (κ2) is 8.10. The average Bonchev–Trinajstić information content (AvgIpc) is 3.26. The predicted octanol–water partition coefficient (Wildman–Crippen LogP) is 4.05. The van der Waals surface area contributed by atoms with Crippen LogP contribution in [0.1, 0.15) is 36.6 Å². The summed E-state index contributed by atoms with van der Waals surface area (Å²) >= 11 is 0. The highest BCUT2D eigenvalue weighted by molar-refractivity contribution is 7.92. The number of nitriles is 1. The SMILES string of the molecule is C[C@@H]1C(=O)C(C#N)C[C@@]2(c3ccccc3)c3[nH]nc(-c4ccc(NS(C)(=O)=O)cc4)c3CCC12. The van der Waals surface area contributed by atoms with E-state index in [4.69, 9.17) is 5.10 Å². The number of carbonyl (C=O) groups excluding carboxylic acids is 1. The molecule has 2 aliphatic carbocycles. The summed E-state index contributed by atoms with van der Waals surface area (Å²) in [6, 6.07) is 19.6. The van der Waals surface area contributed by atoms with Gasteiger partial charge in [0.2, 0.25) is 10.0 Å². The van der Waals surface area contributed by atoms with Gasteiger partial charge in [-0.3, -0.25) is 14.6 Å². The highest BCUT2D eigenvalue weighted by Crippen LogP contribution is 2.56. The molecule has 2 aliphatic rings. The molecule has 0 saturated heterocycles. The molecule has 1 saturated carbocycles. The zero-order valence-electron chi connectivity index (χ0n) is 19.1. The van der Waals surface area contributed by atoms with E-state index in [0.717, 1.165) is 47.2 Å². The Kier molecular flexibility index (Phi) is 5.33. The summed E-state index contributed by atoms with van der Waals surface area (Å²) in [5, 5.41) is 17.8. The third-order valence-corrected chi connectivity index (χ3v) is 8.09. The van der Waals surface area contributed by atoms with Crippen molar-refractivity contribution in [1.29, 1.82) is 5.26 Å². The maximum atomic E-state index is 13.0. The third kappa shape index (κ3) is 3.51. The van der Waals surface area contributed by atoms with Gasteiger partial charge >= 0.3 is 0 Å². The Morgan fingerprint density at radius 2 is 1.85 bits per heavy atom. The van der Waals surface area contributed by atoms with Gasteiger partial charge in [0.15, 0.2) is 5.78 Å². The van der Waals surface area contributed by atoms with Crippen LogP contribution in [0.5, 0.6) is 0 Å². The van der Waals surface area contributed by atoms with E-state index in [1.807, 2.05) is 37.3 Å². The molecule has 0 bridgehead atoms. The Balaban J connectivity index is 1.64. The van der Waals surface area contributed by atoms with Gasteiger partial charge in [-0.25, -0.2) is 8.42 Å². The van der Waals surface area contributed by atoms with Gasteiger partial charge in [-0.15, -0.1) is 0 Å². The highest BCUT2D eigenvalue weighted by atomic mass is 32.2. The smallest absolute Gasteiger partial charge is 0.229 e. The summed E-state index contributed by atoms with van der Waals surface area (Å²) in [6.07, 6.45) is 3.16. The van der Waals surface area contributed by atoms with Crippen molar-refractivity contribution in [3.05, 3.63) is 71.4 Å². The lowest BCUT2D eigenvalue weighted by atomic mass is 9.51. The predicted molar refractivity (Wildman–Crippen MR) is 129 cm³/mol. The molecule has 4 atom stereocenters. The average molecular weight is 475 g/mol. The molecule has 0 aliphatic heterocycles. The number of ketones is 1. The molecule has 2 N–H and O–H groups in total. The van der Waals surface area contributed by atoms with Crippen LogP contribution in [0, 0.1) is 29.1 Å². The molecule has 0 spiro atoms. The number of sulfonamides is 1. The first-order chi connectivity index (χ1) is 16.2. The quantitative estimate of drug-likeness (QED) is 0.592. The van der Waals surface area contributed by atoms with Gasteiger partial charge in [-0.1, -0.05) is 49.4 Å². The van der Waals surface area contributed by atoms with Gasteiger partial charge in [0.25, 0.3) is 0 Å². The number of aromatic amines is 1. The number of carbonyl (C=O) groups is 1. The first kappa shape index (κ1) is 22.4. The van der Waals surface area contributed by atoms with E-state index >= 15 is 0 Å². The second-order valence-corrected chi connectivity index (χ2v) is 11.2. The van der Waals surface area contributed by atoms with Crippen molar-refractivity contribution in [3.8, 4) is 17.3 Å². The van der Waals surface area contributed by atoms with E-state index in [9.17, 15) is 18.5 Å². The summed E-state index contributed by atoms with van der Waals surface area (Å²) in [5.74, 6) is -0.768. The molecule has 3 aromatic rings. The number of anilines is 1. The molecule has 2 aromatic carbocycles. The minimum Gasteiger partial charge on any atom is -0.298 e. The Morgan fingerprint density at radius 1 is 1.15 bits per heavy atom. The summed E-state index contributed by atoms with van der Waals surface area (Å²) in [6.45, 7) is 1.96. The van der Waals surface area contributed by atoms with Crippen molar-refractivity contribution in [2.45, 2.75) is 31.6 Å². The number of nitrogens with one attached hydrogen (secondary N) is 2. The molecule has 1 fully saturated rings. The van der Waals surface area contributed by atoms with Crippen LogP contribution in [0.15, 0.2) is 54.6 Å². The largest absolute Gasteiger partial charge is 0.298 e. The van der Waals surface area contributed by atoms with Gasteiger partial charge in [0, 0.05) is 33.8 Å². The monoisotopic (exact) mass is 474 g/mol. The lowest BCUT2D eigenvalue weighted by Crippen LogP contribution is -2.52. The number of nitrogens with zero attached hydrogens (tertiary/aromatic N) is 2. The number of rotatable bonds is 4. The van der Waals surface area contributed by atoms with Crippen LogP contribution in [0.25, 0.3) is 11.3 Å². The maximum Gasteiger partial charge on any atom is 0.229 e. The molecule has 0 radical (unpaired) electrons. The van der Waals surface area contributed by atoms with E-state index in [0.29, 0.717) is 12.1 Å². The summed E-state index contributed by atoms with van der Waals surface area (Å²) in [4.78, 5) is 13.0. The number of benzene rings is 2. The maximum absolute atomic E-state index is 13.0. The zero-order valence-corrected chi connectivity index (χ0v) is 19.9. The minimum atomic E-state index is -3.35. The van der Waals surface area contributed by atoms with Crippen LogP contribution in [-0.2, 0) is 26.7 Å². The van der Waals surface area contributed by atoms with E-state index < -0.39 is 21.4 Å². The molecular formula is C26H26N4O3S. The van der Waals surface area contributed by atoms with Crippen LogP contribution in [0.4, 0.5) is 5.69 Å². The summed E-state index contributed by atoms with van der Waals surface area (Å²) in [5.41, 5.74) is 4.90. The standard InChI is InChI=1S/C26H26N4O3S/c1-16-22-13-12-21-23(17-8-10-20(11-9-17)30-34(2,32)33)28-29-25(21)26(22,14-18(15-27)24(16)31)19-6-4-3-5-7-19/h3-11,16,18,22,30H,12-14H2,1-2H3,(H,28,29)/t16-,18?,22?,26-/m0/s1. The van der Waals surface area contributed by atoms with E-state index in [2.05, 4.69) is 28.0 Å². The first-order valence-corrected chi connectivity index (χ1v) is 13.3. The molecule has 5 rings (SSSR count). The van der Waals surface area contributed by atoms with Crippen molar-refractivity contribution in [2.24, 2.45) is 17.8 Å². The Hall–Kier alpha value is -3.44. The number of hydrogen-bond donors (Lipinski definition) is 2. The molecule has 1 heterocycles.